The summed E-state index contributed by atoms with van der Waals surface area (Å²) in [5, 5.41) is 9.66. The number of rotatable bonds is 50. The van der Waals surface area contributed by atoms with Crippen LogP contribution >= 0.6 is 0 Å². The summed E-state index contributed by atoms with van der Waals surface area (Å²) < 4.78 is 11.2. The van der Waals surface area contributed by atoms with Gasteiger partial charge in [0.2, 0.25) is 0 Å². The van der Waals surface area contributed by atoms with Crippen LogP contribution in [0.3, 0.4) is 0 Å². The van der Waals surface area contributed by atoms with E-state index in [0.717, 1.165) is 44.9 Å². The van der Waals surface area contributed by atoms with Crippen LogP contribution in [0.2, 0.25) is 0 Å². The number of carbonyl (C=O) groups excluding carboxylic acids is 1. The van der Waals surface area contributed by atoms with Gasteiger partial charge in [-0.2, -0.15) is 0 Å². The Morgan fingerprint density at radius 3 is 1.13 bits per heavy atom. The van der Waals surface area contributed by atoms with E-state index in [0.29, 0.717) is 19.6 Å². The van der Waals surface area contributed by atoms with Crippen LogP contribution in [0.5, 0.6) is 0 Å². The Hall–Kier alpha value is -1.65. The first-order valence-corrected chi connectivity index (χ1v) is 26.7. The predicted molar refractivity (Wildman–Crippen MR) is 265 cm³/mol. The number of unbranched alkanes of at least 4 members (excludes halogenated alkanes) is 34. The lowest BCUT2D eigenvalue weighted by Crippen LogP contribution is -2.27. The van der Waals surface area contributed by atoms with Crippen LogP contribution in [-0.2, 0) is 14.3 Å². The predicted octanol–water partition coefficient (Wildman–Crippen LogP) is 18.2. The second-order valence-electron chi connectivity index (χ2n) is 17.9. The van der Waals surface area contributed by atoms with Crippen molar-refractivity contribution in [2.45, 2.75) is 283 Å². The molecule has 0 heterocycles. The standard InChI is InChI=1S/C56H104O4/c1-3-5-7-9-11-13-15-17-19-21-23-25-27-29-31-33-35-37-39-41-43-45-47-49-51-56(58)60-55(53-57)54-59-52-50-48-46-44-42-40-38-36-34-32-30-28-26-24-22-20-18-16-14-12-10-8-6-4-2/h6,8,12,14,18,20,24,26,55,57H,3-5,7,9-11,13,15-17,19,21-23,25,27-54H2,1-2H3/b8-6-,14-12-,20-18-,26-24-. The molecule has 4 nitrogen and oxygen atoms in total. The molecule has 1 atom stereocenters. The number of carbonyl (C=O) groups is 1. The van der Waals surface area contributed by atoms with E-state index in [2.05, 4.69) is 62.5 Å². The summed E-state index contributed by atoms with van der Waals surface area (Å²) in [6, 6.07) is 0. The third kappa shape index (κ3) is 50.7. The Labute approximate surface area is 375 Å². The maximum absolute atomic E-state index is 12.3. The fourth-order valence-corrected chi connectivity index (χ4v) is 7.97. The quantitative estimate of drug-likeness (QED) is 0.0377. The molecule has 0 rings (SSSR count). The zero-order valence-electron chi connectivity index (χ0n) is 40.5. The Bertz CT molecular complexity index is 936. The lowest BCUT2D eigenvalue weighted by atomic mass is 10.0. The maximum atomic E-state index is 12.3. The van der Waals surface area contributed by atoms with Gasteiger partial charge in [-0.1, -0.05) is 268 Å². The Kier molecular flexibility index (Phi) is 52.0. The van der Waals surface area contributed by atoms with Gasteiger partial charge in [0.15, 0.2) is 0 Å². The second kappa shape index (κ2) is 53.5. The van der Waals surface area contributed by atoms with Gasteiger partial charge < -0.3 is 14.6 Å². The lowest BCUT2D eigenvalue weighted by Gasteiger charge is -2.16. The van der Waals surface area contributed by atoms with Crippen LogP contribution in [0.15, 0.2) is 48.6 Å². The van der Waals surface area contributed by atoms with Crippen LogP contribution in [0.4, 0.5) is 0 Å². The van der Waals surface area contributed by atoms with Crippen LogP contribution in [0, 0.1) is 0 Å². The van der Waals surface area contributed by atoms with E-state index in [1.54, 1.807) is 0 Å². The highest BCUT2D eigenvalue weighted by molar-refractivity contribution is 5.69. The molecule has 0 aromatic rings. The molecule has 0 bridgehead atoms. The smallest absolute Gasteiger partial charge is 0.306 e. The van der Waals surface area contributed by atoms with Gasteiger partial charge in [0.1, 0.15) is 6.10 Å². The molecule has 1 N–H and O–H groups in total. The maximum Gasteiger partial charge on any atom is 0.306 e. The van der Waals surface area contributed by atoms with Gasteiger partial charge in [-0.05, 0) is 51.4 Å². The van der Waals surface area contributed by atoms with Crippen molar-refractivity contribution < 1.29 is 19.4 Å². The van der Waals surface area contributed by atoms with Crippen molar-refractivity contribution in [3.05, 3.63) is 48.6 Å². The molecule has 0 saturated heterocycles. The lowest BCUT2D eigenvalue weighted by molar-refractivity contribution is -0.154. The van der Waals surface area contributed by atoms with Gasteiger partial charge in [-0.15, -0.1) is 0 Å². The van der Waals surface area contributed by atoms with Crippen molar-refractivity contribution >= 4 is 5.97 Å². The topological polar surface area (TPSA) is 55.8 Å². The highest BCUT2D eigenvalue weighted by atomic mass is 16.6. The second-order valence-corrected chi connectivity index (χ2v) is 17.9. The molecule has 0 aromatic carbocycles. The molecule has 0 spiro atoms. The Morgan fingerprint density at radius 1 is 0.417 bits per heavy atom. The molecule has 0 fully saturated rings. The van der Waals surface area contributed by atoms with Crippen LogP contribution in [-0.4, -0.2) is 37.0 Å². The number of hydrogen-bond acceptors (Lipinski definition) is 4. The zero-order chi connectivity index (χ0) is 43.3. The first-order chi connectivity index (χ1) is 29.7. The van der Waals surface area contributed by atoms with Crippen LogP contribution in [0.25, 0.3) is 0 Å². The van der Waals surface area contributed by atoms with Crippen LogP contribution < -0.4 is 0 Å². The molecule has 0 saturated carbocycles. The molecule has 0 amide bonds. The van der Waals surface area contributed by atoms with Crippen molar-refractivity contribution in [2.75, 3.05) is 19.8 Å². The average Bonchev–Trinajstić information content (AvgIpc) is 3.25. The fourth-order valence-electron chi connectivity index (χ4n) is 7.97. The van der Waals surface area contributed by atoms with E-state index < -0.39 is 6.10 Å². The number of allylic oxidation sites excluding steroid dienone is 8. The van der Waals surface area contributed by atoms with Gasteiger partial charge in [0, 0.05) is 13.0 Å². The molecule has 0 aliphatic heterocycles. The molecule has 4 heteroatoms. The third-order valence-corrected chi connectivity index (χ3v) is 11.9. The molecular formula is C56H104O4. The zero-order valence-corrected chi connectivity index (χ0v) is 40.5. The highest BCUT2D eigenvalue weighted by Gasteiger charge is 2.13. The van der Waals surface area contributed by atoms with E-state index in [1.165, 1.54) is 212 Å². The van der Waals surface area contributed by atoms with Gasteiger partial charge >= 0.3 is 5.97 Å². The number of hydrogen-bond donors (Lipinski definition) is 1. The van der Waals surface area contributed by atoms with Gasteiger partial charge in [-0.3, -0.25) is 4.79 Å². The number of esters is 1. The molecule has 0 aliphatic rings. The van der Waals surface area contributed by atoms with Gasteiger partial charge in [0.05, 0.1) is 13.2 Å². The van der Waals surface area contributed by atoms with Crippen molar-refractivity contribution in [1.29, 1.82) is 0 Å². The molecule has 0 aromatic heterocycles. The van der Waals surface area contributed by atoms with Crippen molar-refractivity contribution in [1.82, 2.24) is 0 Å². The number of aliphatic hydroxyl groups excluding tert-OH is 1. The minimum absolute atomic E-state index is 0.170. The summed E-state index contributed by atoms with van der Waals surface area (Å²) in [5.41, 5.74) is 0. The SMILES string of the molecule is CC/C=C\C/C=C\C/C=C\C/C=C\CCCCCCCCCCCCCOCC(CO)OC(=O)CCCCCCCCCCCCCCCCCCCCCCCCCC. The molecular weight excluding hydrogens is 737 g/mol. The van der Waals surface area contributed by atoms with Gasteiger partial charge in [-0.25, -0.2) is 0 Å². The van der Waals surface area contributed by atoms with Crippen molar-refractivity contribution in [3.8, 4) is 0 Å². The summed E-state index contributed by atoms with van der Waals surface area (Å²) in [6.45, 7) is 5.27. The van der Waals surface area contributed by atoms with E-state index >= 15 is 0 Å². The minimum atomic E-state index is -0.536. The van der Waals surface area contributed by atoms with Crippen LogP contribution in [0.1, 0.15) is 277 Å². The Balaban J connectivity index is 3.37. The minimum Gasteiger partial charge on any atom is -0.457 e. The first kappa shape index (κ1) is 58.4. The normalized spacial score (nSPS) is 12.7. The number of aliphatic hydroxyl groups is 1. The first-order valence-electron chi connectivity index (χ1n) is 26.7. The summed E-state index contributed by atoms with van der Waals surface area (Å²) in [6.07, 6.45) is 70.7. The fraction of sp³-hybridized carbons (Fsp3) is 0.839. The summed E-state index contributed by atoms with van der Waals surface area (Å²) >= 11 is 0. The molecule has 60 heavy (non-hydrogen) atoms. The van der Waals surface area contributed by atoms with Crippen molar-refractivity contribution in [3.63, 3.8) is 0 Å². The monoisotopic (exact) mass is 841 g/mol. The average molecular weight is 841 g/mol. The molecule has 1 unspecified atom stereocenters. The Morgan fingerprint density at radius 2 is 0.750 bits per heavy atom. The highest BCUT2D eigenvalue weighted by Crippen LogP contribution is 2.17. The molecule has 352 valence electrons. The van der Waals surface area contributed by atoms with E-state index in [4.69, 9.17) is 9.47 Å². The van der Waals surface area contributed by atoms with Crippen molar-refractivity contribution in [2.24, 2.45) is 0 Å². The molecule has 0 radical (unpaired) electrons. The van der Waals surface area contributed by atoms with E-state index in [1.807, 2.05) is 0 Å². The summed E-state index contributed by atoms with van der Waals surface area (Å²) in [4.78, 5) is 12.3. The third-order valence-electron chi connectivity index (χ3n) is 11.9. The largest absolute Gasteiger partial charge is 0.457 e. The summed E-state index contributed by atoms with van der Waals surface area (Å²) in [5.74, 6) is -0.196. The number of ether oxygens (including phenoxy) is 2. The van der Waals surface area contributed by atoms with E-state index in [-0.39, 0.29) is 12.6 Å². The summed E-state index contributed by atoms with van der Waals surface area (Å²) in [7, 11) is 0. The van der Waals surface area contributed by atoms with Gasteiger partial charge in [0.25, 0.3) is 0 Å². The molecule has 0 aliphatic carbocycles. The van der Waals surface area contributed by atoms with E-state index in [9.17, 15) is 9.90 Å².